The van der Waals surface area contributed by atoms with E-state index in [1.807, 2.05) is 61.5 Å². The van der Waals surface area contributed by atoms with Gasteiger partial charge in [-0.3, -0.25) is 4.79 Å². The zero-order valence-electron chi connectivity index (χ0n) is 16.8. The van der Waals surface area contributed by atoms with Crippen LogP contribution in [-0.4, -0.2) is 22.5 Å². The summed E-state index contributed by atoms with van der Waals surface area (Å²) in [7, 11) is 0. The number of carbonyl (C=O) groups excluding carboxylic acids is 1. The second-order valence-electron chi connectivity index (χ2n) is 7.40. The van der Waals surface area contributed by atoms with Crippen LogP contribution in [-0.2, 0) is 11.3 Å². The van der Waals surface area contributed by atoms with Crippen LogP contribution in [0.15, 0.2) is 84.6 Å². The summed E-state index contributed by atoms with van der Waals surface area (Å²) in [5.74, 6) is -0.754. The third-order valence-corrected chi connectivity index (χ3v) is 5.28. The molecule has 1 atom stereocenters. The smallest absolute Gasteiger partial charge is 0.387 e. The topological polar surface area (TPSA) is 49.8 Å². The molecule has 4 nitrogen and oxygen atoms in total. The van der Waals surface area contributed by atoms with Crippen molar-refractivity contribution in [3.05, 3.63) is 107 Å². The normalized spacial score (nSPS) is 16.3. The number of aliphatic hydroxyl groups excluding tert-OH is 1. The molecule has 3 aromatic carbocycles. The molecule has 31 heavy (non-hydrogen) atoms. The Hall–Kier alpha value is -3.67. The summed E-state index contributed by atoms with van der Waals surface area (Å²) < 4.78 is 29.5. The third kappa shape index (κ3) is 4.28. The molecule has 0 radical (unpaired) electrons. The number of alkyl halides is 2. The first-order valence-electron chi connectivity index (χ1n) is 9.84. The van der Waals surface area contributed by atoms with Crippen LogP contribution in [0.5, 0.6) is 5.75 Å². The first kappa shape index (κ1) is 20.6. The lowest BCUT2D eigenvalue weighted by Crippen LogP contribution is -2.29. The minimum atomic E-state index is -2.92. The van der Waals surface area contributed by atoms with Gasteiger partial charge in [0.25, 0.3) is 5.91 Å². The Morgan fingerprint density at radius 2 is 1.61 bits per heavy atom. The molecular weight excluding hydrogens is 400 g/mol. The van der Waals surface area contributed by atoms with E-state index >= 15 is 0 Å². The average molecular weight is 421 g/mol. The fourth-order valence-electron chi connectivity index (χ4n) is 3.80. The summed E-state index contributed by atoms with van der Waals surface area (Å²) in [5, 5.41) is 10.8. The number of hydrogen-bond donors (Lipinski definition) is 1. The maximum Gasteiger partial charge on any atom is 0.387 e. The second-order valence-corrected chi connectivity index (χ2v) is 7.40. The number of aryl methyl sites for hydroxylation is 1. The van der Waals surface area contributed by atoms with E-state index in [0.29, 0.717) is 17.7 Å². The van der Waals surface area contributed by atoms with Crippen molar-refractivity contribution < 1.29 is 23.4 Å². The van der Waals surface area contributed by atoms with Gasteiger partial charge in [0, 0.05) is 12.1 Å². The van der Waals surface area contributed by atoms with Crippen LogP contribution in [0.3, 0.4) is 0 Å². The van der Waals surface area contributed by atoms with Crippen LogP contribution in [0.4, 0.5) is 8.78 Å². The zero-order chi connectivity index (χ0) is 22.0. The number of amides is 1. The molecule has 0 aromatic heterocycles. The zero-order valence-corrected chi connectivity index (χ0v) is 16.8. The molecule has 0 aliphatic carbocycles. The first-order valence-corrected chi connectivity index (χ1v) is 9.84. The summed E-state index contributed by atoms with van der Waals surface area (Å²) in [5.41, 5.74) is 3.92. The lowest BCUT2D eigenvalue weighted by atomic mass is 9.93. The van der Waals surface area contributed by atoms with Gasteiger partial charge in [0.15, 0.2) is 5.76 Å². The highest BCUT2D eigenvalue weighted by molar-refractivity contribution is 6.05. The van der Waals surface area contributed by atoms with Gasteiger partial charge in [-0.2, -0.15) is 8.78 Å². The molecule has 158 valence electrons. The highest BCUT2D eigenvalue weighted by Crippen LogP contribution is 2.44. The van der Waals surface area contributed by atoms with Gasteiger partial charge in [-0.1, -0.05) is 72.3 Å². The Balaban J connectivity index is 1.75. The SMILES string of the molecule is Cc1ccc(CN2C(=O)C(O)=C(c3ccccc3)[C@@H]2c2ccc(OC(F)F)cc2)cc1. The van der Waals surface area contributed by atoms with Gasteiger partial charge in [0.05, 0.1) is 6.04 Å². The largest absolute Gasteiger partial charge is 0.503 e. The molecule has 1 aliphatic rings. The van der Waals surface area contributed by atoms with E-state index in [9.17, 15) is 18.7 Å². The molecule has 3 aromatic rings. The predicted octanol–water partition coefficient (Wildman–Crippen LogP) is 5.65. The number of carbonyl (C=O) groups is 1. The molecule has 1 heterocycles. The minimum absolute atomic E-state index is 0.0302. The lowest BCUT2D eigenvalue weighted by molar-refractivity contribution is -0.130. The number of benzene rings is 3. The van der Waals surface area contributed by atoms with Gasteiger partial charge in [0.2, 0.25) is 0 Å². The van der Waals surface area contributed by atoms with Crippen molar-refractivity contribution in [1.82, 2.24) is 4.90 Å². The summed E-state index contributed by atoms with van der Waals surface area (Å²) in [4.78, 5) is 14.6. The molecule has 0 spiro atoms. The number of aliphatic hydroxyl groups is 1. The molecule has 0 bridgehead atoms. The Kier molecular flexibility index (Phi) is 5.71. The monoisotopic (exact) mass is 421 g/mol. The first-order chi connectivity index (χ1) is 14.9. The summed E-state index contributed by atoms with van der Waals surface area (Å²) in [6, 6.07) is 22.6. The maximum absolute atomic E-state index is 13.1. The van der Waals surface area contributed by atoms with Gasteiger partial charge in [-0.05, 0) is 35.7 Å². The number of halogens is 2. The standard InChI is InChI=1S/C25H21F2NO3/c1-16-7-9-17(10-8-16)15-28-22(19-11-13-20(14-12-19)31-25(26)27)21(23(29)24(28)30)18-5-3-2-4-6-18/h2-14,22,25,29H,15H2,1H3/t22-/m0/s1. The second kappa shape index (κ2) is 8.60. The van der Waals surface area contributed by atoms with Crippen LogP contribution in [0.2, 0.25) is 0 Å². The van der Waals surface area contributed by atoms with Crippen LogP contribution in [0, 0.1) is 6.92 Å². The Morgan fingerprint density at radius 1 is 0.968 bits per heavy atom. The van der Waals surface area contributed by atoms with Crippen molar-refractivity contribution >= 4 is 11.5 Å². The molecular formula is C25H21F2NO3. The van der Waals surface area contributed by atoms with Crippen LogP contribution in [0.25, 0.3) is 5.57 Å². The molecule has 6 heteroatoms. The Labute approximate surface area is 179 Å². The van der Waals surface area contributed by atoms with Gasteiger partial charge >= 0.3 is 6.61 Å². The van der Waals surface area contributed by atoms with Crippen molar-refractivity contribution in [2.45, 2.75) is 26.1 Å². The van der Waals surface area contributed by atoms with Gasteiger partial charge in [0.1, 0.15) is 5.75 Å². The van der Waals surface area contributed by atoms with E-state index in [1.165, 1.54) is 12.1 Å². The van der Waals surface area contributed by atoms with E-state index in [1.54, 1.807) is 17.0 Å². The number of hydrogen-bond acceptors (Lipinski definition) is 3. The van der Waals surface area contributed by atoms with Gasteiger partial charge in [-0.15, -0.1) is 0 Å². The average Bonchev–Trinajstić information content (AvgIpc) is 3.01. The van der Waals surface area contributed by atoms with Crippen LogP contribution < -0.4 is 4.74 Å². The minimum Gasteiger partial charge on any atom is -0.503 e. The molecule has 0 saturated heterocycles. The number of rotatable bonds is 6. The summed E-state index contributed by atoms with van der Waals surface area (Å²) in [6.45, 7) is -0.641. The van der Waals surface area contributed by atoms with Crippen LogP contribution in [0.1, 0.15) is 28.3 Å². The van der Waals surface area contributed by atoms with E-state index in [-0.39, 0.29) is 11.5 Å². The lowest BCUT2D eigenvalue weighted by Gasteiger charge is -2.27. The van der Waals surface area contributed by atoms with Crippen molar-refractivity contribution in [1.29, 1.82) is 0 Å². The van der Waals surface area contributed by atoms with Crippen molar-refractivity contribution in [2.75, 3.05) is 0 Å². The molecule has 0 saturated carbocycles. The Bertz CT molecular complexity index is 1090. The predicted molar refractivity (Wildman–Crippen MR) is 114 cm³/mol. The molecule has 1 amide bonds. The highest BCUT2D eigenvalue weighted by atomic mass is 19.3. The fourth-order valence-corrected chi connectivity index (χ4v) is 3.80. The van der Waals surface area contributed by atoms with Crippen molar-refractivity contribution in [2.24, 2.45) is 0 Å². The molecule has 0 unspecified atom stereocenters. The summed E-state index contributed by atoms with van der Waals surface area (Å²) >= 11 is 0. The molecule has 1 aliphatic heterocycles. The van der Waals surface area contributed by atoms with E-state index in [0.717, 1.165) is 16.7 Å². The number of ether oxygens (including phenoxy) is 1. The third-order valence-electron chi connectivity index (χ3n) is 5.28. The van der Waals surface area contributed by atoms with Crippen molar-refractivity contribution in [3.63, 3.8) is 0 Å². The Morgan fingerprint density at radius 3 is 2.23 bits per heavy atom. The number of nitrogens with zero attached hydrogens (tertiary/aromatic N) is 1. The highest BCUT2D eigenvalue weighted by Gasteiger charge is 2.40. The van der Waals surface area contributed by atoms with Crippen LogP contribution >= 0.6 is 0 Å². The maximum atomic E-state index is 13.1. The fraction of sp³-hybridized carbons (Fsp3) is 0.160. The molecule has 0 fully saturated rings. The van der Waals surface area contributed by atoms with Crippen molar-refractivity contribution in [3.8, 4) is 5.75 Å². The molecule has 1 N–H and O–H groups in total. The summed E-state index contributed by atoms with van der Waals surface area (Å²) in [6.07, 6.45) is 0. The van der Waals surface area contributed by atoms with E-state index < -0.39 is 18.6 Å². The quantitative estimate of drug-likeness (QED) is 0.560. The van der Waals surface area contributed by atoms with Gasteiger partial charge in [-0.25, -0.2) is 0 Å². The van der Waals surface area contributed by atoms with Gasteiger partial charge < -0.3 is 14.7 Å². The van der Waals surface area contributed by atoms with E-state index in [2.05, 4.69) is 4.74 Å². The molecule has 4 rings (SSSR count). The van der Waals surface area contributed by atoms with E-state index in [4.69, 9.17) is 0 Å².